The molecular weight excluding hydrogens is 391 g/mol. The Labute approximate surface area is 174 Å². The summed E-state index contributed by atoms with van der Waals surface area (Å²) in [5, 5.41) is 11.7. The van der Waals surface area contributed by atoms with Crippen molar-refractivity contribution in [2.24, 2.45) is 0 Å². The number of hydrogen-bond donors (Lipinski definition) is 2. The molecule has 2 N–H and O–H groups in total. The maximum Gasteiger partial charge on any atom is 0.414 e. The molecule has 0 saturated carbocycles. The van der Waals surface area contributed by atoms with Gasteiger partial charge in [-0.3, -0.25) is 9.69 Å². The molecule has 1 aromatic carbocycles. The molecule has 0 spiro atoms. The maximum atomic E-state index is 14.8. The Balaban J connectivity index is 1.66. The Morgan fingerprint density at radius 2 is 2.13 bits per heavy atom. The summed E-state index contributed by atoms with van der Waals surface area (Å²) < 4.78 is 20.1. The number of rotatable bonds is 6. The average Bonchev–Trinajstić information content (AvgIpc) is 3.11. The number of anilines is 2. The molecule has 2 aliphatic rings. The van der Waals surface area contributed by atoms with Crippen LogP contribution >= 0.6 is 0 Å². The lowest BCUT2D eigenvalue weighted by Gasteiger charge is -2.31. The molecule has 3 rings (SSSR count). The van der Waals surface area contributed by atoms with Crippen LogP contribution in [0.1, 0.15) is 26.2 Å². The van der Waals surface area contributed by atoms with Gasteiger partial charge in [0.25, 0.3) is 0 Å². The van der Waals surface area contributed by atoms with Gasteiger partial charge in [-0.1, -0.05) is 5.57 Å². The second-order valence-electron chi connectivity index (χ2n) is 7.31. The molecule has 2 aliphatic heterocycles. The van der Waals surface area contributed by atoms with Crippen LogP contribution in [0.5, 0.6) is 0 Å². The van der Waals surface area contributed by atoms with E-state index in [0.29, 0.717) is 49.4 Å². The summed E-state index contributed by atoms with van der Waals surface area (Å²) in [5.74, 6) is -0.641. The molecule has 9 heteroatoms. The second-order valence-corrected chi connectivity index (χ2v) is 7.31. The van der Waals surface area contributed by atoms with Crippen LogP contribution in [0.4, 0.5) is 20.6 Å². The van der Waals surface area contributed by atoms with Gasteiger partial charge in [0.15, 0.2) is 5.70 Å². The SMILES string of the molecule is [C-]#[N+]C(CCO)=C1CCN(c2ccc(N3C[C@H](CNC(C)=O)OC3=O)cc2F)CC1. The van der Waals surface area contributed by atoms with Gasteiger partial charge in [0, 0.05) is 33.0 Å². The highest BCUT2D eigenvalue weighted by molar-refractivity contribution is 5.90. The minimum atomic E-state index is -0.569. The van der Waals surface area contributed by atoms with E-state index >= 15 is 0 Å². The highest BCUT2D eigenvalue weighted by Crippen LogP contribution is 2.31. The van der Waals surface area contributed by atoms with E-state index in [1.165, 1.54) is 17.9 Å². The van der Waals surface area contributed by atoms with E-state index in [1.807, 2.05) is 4.90 Å². The van der Waals surface area contributed by atoms with Crippen molar-refractivity contribution in [3.8, 4) is 0 Å². The molecule has 0 radical (unpaired) electrons. The average molecular weight is 416 g/mol. The molecule has 0 aliphatic carbocycles. The summed E-state index contributed by atoms with van der Waals surface area (Å²) in [5.41, 5.74) is 2.49. The van der Waals surface area contributed by atoms with Crippen LogP contribution in [0.3, 0.4) is 0 Å². The van der Waals surface area contributed by atoms with Crippen LogP contribution in [0.25, 0.3) is 4.85 Å². The molecule has 1 atom stereocenters. The molecule has 8 nitrogen and oxygen atoms in total. The number of aliphatic hydroxyl groups excluding tert-OH is 1. The number of benzene rings is 1. The largest absolute Gasteiger partial charge is 0.442 e. The first-order chi connectivity index (χ1) is 14.4. The van der Waals surface area contributed by atoms with E-state index in [1.54, 1.807) is 12.1 Å². The first-order valence-corrected chi connectivity index (χ1v) is 9.89. The number of carbonyl (C=O) groups excluding carboxylic acids is 2. The van der Waals surface area contributed by atoms with E-state index in [-0.39, 0.29) is 25.6 Å². The molecule has 0 unspecified atom stereocenters. The van der Waals surface area contributed by atoms with E-state index in [0.717, 1.165) is 5.57 Å². The number of nitrogens with one attached hydrogen (secondary N) is 1. The lowest BCUT2D eigenvalue weighted by atomic mass is 9.99. The molecular formula is C21H25FN4O4. The third-order valence-corrected chi connectivity index (χ3v) is 5.30. The topological polar surface area (TPSA) is 86.5 Å². The molecule has 2 amide bonds. The number of aliphatic hydroxyl groups is 1. The minimum Gasteiger partial charge on any atom is -0.442 e. The second kappa shape index (κ2) is 9.59. The highest BCUT2D eigenvalue weighted by Gasteiger charge is 2.33. The predicted molar refractivity (Wildman–Crippen MR) is 109 cm³/mol. The third-order valence-electron chi connectivity index (χ3n) is 5.30. The number of amides is 2. The third kappa shape index (κ3) is 4.89. The van der Waals surface area contributed by atoms with Crippen molar-refractivity contribution < 1.29 is 23.8 Å². The lowest BCUT2D eigenvalue weighted by molar-refractivity contribution is -0.119. The molecule has 30 heavy (non-hydrogen) atoms. The fourth-order valence-electron chi connectivity index (χ4n) is 3.74. The van der Waals surface area contributed by atoms with Crippen molar-refractivity contribution in [3.63, 3.8) is 0 Å². The first-order valence-electron chi connectivity index (χ1n) is 9.89. The number of ether oxygens (including phenoxy) is 1. The smallest absolute Gasteiger partial charge is 0.414 e. The zero-order chi connectivity index (χ0) is 21.7. The number of carbonyl (C=O) groups is 2. The lowest BCUT2D eigenvalue weighted by Crippen LogP contribution is -2.33. The van der Waals surface area contributed by atoms with Gasteiger partial charge in [-0.15, -0.1) is 0 Å². The Morgan fingerprint density at radius 3 is 2.73 bits per heavy atom. The van der Waals surface area contributed by atoms with Gasteiger partial charge < -0.3 is 20.1 Å². The Hall–Kier alpha value is -3.12. The summed E-state index contributed by atoms with van der Waals surface area (Å²) in [6, 6.07) is 4.65. The van der Waals surface area contributed by atoms with Crippen LogP contribution in [0.15, 0.2) is 29.5 Å². The first kappa shape index (κ1) is 21.6. The van der Waals surface area contributed by atoms with Gasteiger partial charge in [-0.2, -0.15) is 0 Å². The molecule has 0 bridgehead atoms. The van der Waals surface area contributed by atoms with Crippen LogP contribution in [-0.4, -0.2) is 56.0 Å². The van der Waals surface area contributed by atoms with Gasteiger partial charge >= 0.3 is 6.09 Å². The monoisotopic (exact) mass is 416 g/mol. The summed E-state index contributed by atoms with van der Waals surface area (Å²) >= 11 is 0. The fraction of sp³-hybridized carbons (Fsp3) is 0.476. The highest BCUT2D eigenvalue weighted by atomic mass is 19.1. The van der Waals surface area contributed by atoms with Crippen molar-refractivity contribution in [3.05, 3.63) is 46.7 Å². The molecule has 160 valence electrons. The number of piperidine rings is 1. The van der Waals surface area contributed by atoms with Gasteiger partial charge in [0.1, 0.15) is 11.9 Å². The van der Waals surface area contributed by atoms with Gasteiger partial charge in [-0.25, -0.2) is 14.0 Å². The Kier molecular flexibility index (Phi) is 6.90. The minimum absolute atomic E-state index is 0.0500. The standard InChI is InChI=1S/C21H25FN4O4/c1-14(28)24-12-17-13-26(21(29)30-17)16-3-4-20(18(22)11-16)25-8-5-15(6-9-25)19(23-2)7-10-27/h3-4,11,17,27H,5-10,12-13H2,1H3,(H,24,28)/t17-/m0/s1. The van der Waals surface area contributed by atoms with E-state index < -0.39 is 18.0 Å². The number of hydrogen-bond acceptors (Lipinski definition) is 5. The summed E-state index contributed by atoms with van der Waals surface area (Å²) in [6.45, 7) is 10.2. The van der Waals surface area contributed by atoms with Gasteiger partial charge in [0.05, 0.1) is 31.0 Å². The quantitative estimate of drug-likeness (QED) is 0.696. The zero-order valence-electron chi connectivity index (χ0n) is 16.9. The molecule has 2 heterocycles. The fourth-order valence-corrected chi connectivity index (χ4v) is 3.74. The Bertz CT molecular complexity index is 885. The van der Waals surface area contributed by atoms with Crippen molar-refractivity contribution in [2.75, 3.05) is 42.6 Å². The van der Waals surface area contributed by atoms with Crippen LogP contribution in [0.2, 0.25) is 0 Å². The summed E-state index contributed by atoms with van der Waals surface area (Å²) in [7, 11) is 0. The van der Waals surface area contributed by atoms with Crippen molar-refractivity contribution in [2.45, 2.75) is 32.3 Å². The summed E-state index contributed by atoms with van der Waals surface area (Å²) in [6.07, 6.45) is 0.619. The zero-order valence-corrected chi connectivity index (χ0v) is 16.9. The van der Waals surface area contributed by atoms with E-state index in [4.69, 9.17) is 16.4 Å². The van der Waals surface area contributed by atoms with Crippen LogP contribution in [0, 0.1) is 12.4 Å². The van der Waals surface area contributed by atoms with Gasteiger partial charge in [0.2, 0.25) is 5.91 Å². The predicted octanol–water partition coefficient (Wildman–Crippen LogP) is 2.44. The number of halogens is 1. The van der Waals surface area contributed by atoms with E-state index in [2.05, 4.69) is 10.2 Å². The number of nitrogens with zero attached hydrogens (tertiary/aromatic N) is 3. The molecule has 2 saturated heterocycles. The van der Waals surface area contributed by atoms with Crippen molar-refractivity contribution in [1.82, 2.24) is 5.32 Å². The van der Waals surface area contributed by atoms with Crippen LogP contribution < -0.4 is 15.1 Å². The maximum absolute atomic E-state index is 14.8. The normalized spacial score (nSPS) is 18.8. The molecule has 1 aromatic rings. The van der Waals surface area contributed by atoms with E-state index in [9.17, 15) is 14.0 Å². The van der Waals surface area contributed by atoms with Crippen molar-refractivity contribution >= 4 is 23.4 Å². The van der Waals surface area contributed by atoms with Crippen LogP contribution in [-0.2, 0) is 9.53 Å². The molecule has 0 aromatic heterocycles. The summed E-state index contributed by atoms with van der Waals surface area (Å²) in [4.78, 5) is 29.9. The Morgan fingerprint density at radius 1 is 1.40 bits per heavy atom. The number of cyclic esters (lactones) is 1. The molecule has 2 fully saturated rings. The van der Waals surface area contributed by atoms with Crippen molar-refractivity contribution in [1.29, 1.82) is 0 Å². The van der Waals surface area contributed by atoms with Gasteiger partial charge in [-0.05, 0) is 31.0 Å².